The van der Waals surface area contributed by atoms with E-state index in [4.69, 9.17) is 5.11 Å². The summed E-state index contributed by atoms with van der Waals surface area (Å²) in [4.78, 5) is 28.5. The molecule has 1 amide bonds. The number of carbonyl (C=O) groups is 2. The van der Waals surface area contributed by atoms with Crippen LogP contribution in [0.3, 0.4) is 0 Å². The van der Waals surface area contributed by atoms with Gasteiger partial charge >= 0.3 is 5.97 Å². The van der Waals surface area contributed by atoms with E-state index in [1.165, 1.54) is 0 Å². The number of hydrogen-bond acceptors (Lipinski definition) is 4. The first-order valence-corrected chi connectivity index (χ1v) is 5.97. The highest BCUT2D eigenvalue weighted by Crippen LogP contribution is 2.15. The summed E-state index contributed by atoms with van der Waals surface area (Å²) < 4.78 is 0. The summed E-state index contributed by atoms with van der Waals surface area (Å²) in [5.74, 6) is -0.912. The van der Waals surface area contributed by atoms with Crippen LogP contribution in [0.25, 0.3) is 0 Å². The maximum Gasteiger partial charge on any atom is 0.309 e. The van der Waals surface area contributed by atoms with Gasteiger partial charge in [0.25, 0.3) is 0 Å². The Morgan fingerprint density at radius 2 is 1.76 bits per heavy atom. The van der Waals surface area contributed by atoms with Crippen molar-refractivity contribution in [3.05, 3.63) is 0 Å². The van der Waals surface area contributed by atoms with Crippen molar-refractivity contribution < 1.29 is 14.7 Å². The average Bonchev–Trinajstić information content (AvgIpc) is 2.23. The number of likely N-dealkylation sites (tertiary alicyclic amines) is 1. The Morgan fingerprint density at radius 1 is 1.18 bits per heavy atom. The minimum Gasteiger partial charge on any atom is -0.481 e. The van der Waals surface area contributed by atoms with E-state index in [9.17, 15) is 9.59 Å². The third-order valence-corrected chi connectivity index (χ3v) is 3.52. The van der Waals surface area contributed by atoms with E-state index < -0.39 is 5.97 Å². The number of carbonyl (C=O) groups excluding carboxylic acids is 1. The minimum atomic E-state index is -0.756. The van der Waals surface area contributed by atoms with E-state index in [2.05, 4.69) is 11.9 Å². The van der Waals surface area contributed by atoms with Gasteiger partial charge in [0.1, 0.15) is 0 Å². The highest BCUT2D eigenvalue weighted by Gasteiger charge is 2.34. The maximum absolute atomic E-state index is 11.9. The van der Waals surface area contributed by atoms with Gasteiger partial charge in [0, 0.05) is 39.3 Å². The number of amides is 1. The molecule has 0 bridgehead atoms. The van der Waals surface area contributed by atoms with Gasteiger partial charge in [-0.2, -0.15) is 0 Å². The van der Waals surface area contributed by atoms with Gasteiger partial charge in [-0.3, -0.25) is 14.5 Å². The SMILES string of the molecule is CN1CCN(C(=O)CN2CC(C(=O)O)C2)CC1. The molecule has 0 aliphatic carbocycles. The molecule has 1 N–H and O–H groups in total. The summed E-state index contributed by atoms with van der Waals surface area (Å²) in [6.07, 6.45) is 0. The lowest BCUT2D eigenvalue weighted by Crippen LogP contribution is -2.56. The largest absolute Gasteiger partial charge is 0.481 e. The molecule has 0 spiro atoms. The first kappa shape index (κ1) is 12.3. The summed E-state index contributed by atoms with van der Waals surface area (Å²) in [5, 5.41) is 8.74. The van der Waals surface area contributed by atoms with Crippen molar-refractivity contribution in [1.29, 1.82) is 0 Å². The minimum absolute atomic E-state index is 0.127. The van der Waals surface area contributed by atoms with Gasteiger partial charge in [0.2, 0.25) is 5.91 Å². The van der Waals surface area contributed by atoms with Gasteiger partial charge in [0.05, 0.1) is 12.5 Å². The molecular weight excluding hydrogens is 222 g/mol. The summed E-state index contributed by atoms with van der Waals surface area (Å²) in [5.41, 5.74) is 0. The zero-order valence-corrected chi connectivity index (χ0v) is 10.1. The molecule has 0 radical (unpaired) electrons. The molecule has 0 aromatic heterocycles. The van der Waals surface area contributed by atoms with Crippen molar-refractivity contribution in [3.63, 3.8) is 0 Å². The third kappa shape index (κ3) is 2.95. The van der Waals surface area contributed by atoms with Crippen LogP contribution in [0.2, 0.25) is 0 Å². The van der Waals surface area contributed by atoms with Crippen LogP contribution in [0, 0.1) is 5.92 Å². The standard InChI is InChI=1S/C11H19N3O3/c1-12-2-4-14(5-3-12)10(15)8-13-6-9(7-13)11(16)17/h9H,2-8H2,1H3,(H,16,17). The molecule has 2 fully saturated rings. The molecule has 0 atom stereocenters. The van der Waals surface area contributed by atoms with Crippen molar-refractivity contribution in [2.24, 2.45) is 5.92 Å². The molecule has 6 heteroatoms. The lowest BCUT2D eigenvalue weighted by molar-refractivity contribution is -0.150. The molecule has 2 heterocycles. The number of likely N-dealkylation sites (N-methyl/N-ethyl adjacent to an activating group) is 1. The maximum atomic E-state index is 11.9. The van der Waals surface area contributed by atoms with Crippen LogP contribution >= 0.6 is 0 Å². The molecule has 2 rings (SSSR count). The van der Waals surface area contributed by atoms with Gasteiger partial charge < -0.3 is 14.9 Å². The van der Waals surface area contributed by atoms with Crippen LogP contribution < -0.4 is 0 Å². The van der Waals surface area contributed by atoms with Gasteiger partial charge in [-0.05, 0) is 7.05 Å². The smallest absolute Gasteiger partial charge is 0.309 e. The molecule has 2 aliphatic rings. The first-order valence-electron chi connectivity index (χ1n) is 5.97. The van der Waals surface area contributed by atoms with Crippen LogP contribution in [0.4, 0.5) is 0 Å². The van der Waals surface area contributed by atoms with E-state index >= 15 is 0 Å². The predicted molar refractivity (Wildman–Crippen MR) is 61.6 cm³/mol. The van der Waals surface area contributed by atoms with Crippen LogP contribution in [-0.4, -0.2) is 84.5 Å². The van der Waals surface area contributed by atoms with Crippen LogP contribution in [0.5, 0.6) is 0 Å². The molecule has 2 saturated heterocycles. The molecule has 0 saturated carbocycles. The molecule has 96 valence electrons. The second-order valence-electron chi connectivity index (χ2n) is 4.91. The Bertz CT molecular complexity index is 307. The fourth-order valence-corrected chi connectivity index (χ4v) is 2.20. The van der Waals surface area contributed by atoms with E-state index in [-0.39, 0.29) is 11.8 Å². The average molecular weight is 241 g/mol. The lowest BCUT2D eigenvalue weighted by atomic mass is 10.0. The molecule has 2 aliphatic heterocycles. The van der Waals surface area contributed by atoms with E-state index in [0.29, 0.717) is 19.6 Å². The predicted octanol–water partition coefficient (Wildman–Crippen LogP) is -1.22. The Kier molecular flexibility index (Phi) is 3.63. The van der Waals surface area contributed by atoms with Crippen molar-refractivity contribution in [2.75, 3.05) is 52.9 Å². The molecular formula is C11H19N3O3. The van der Waals surface area contributed by atoms with Crippen LogP contribution in [0.1, 0.15) is 0 Å². The molecule has 17 heavy (non-hydrogen) atoms. The van der Waals surface area contributed by atoms with Gasteiger partial charge in [-0.25, -0.2) is 0 Å². The fraction of sp³-hybridized carbons (Fsp3) is 0.818. The number of nitrogens with zero attached hydrogens (tertiary/aromatic N) is 3. The topological polar surface area (TPSA) is 64.1 Å². The Balaban J connectivity index is 1.70. The quantitative estimate of drug-likeness (QED) is 0.671. The third-order valence-electron chi connectivity index (χ3n) is 3.52. The van der Waals surface area contributed by atoms with E-state index in [1.807, 2.05) is 9.80 Å². The molecule has 0 aromatic carbocycles. The molecule has 0 aromatic rings. The Hall–Kier alpha value is -1.14. The second-order valence-corrected chi connectivity index (χ2v) is 4.91. The number of carboxylic acid groups (broad SMARTS) is 1. The zero-order chi connectivity index (χ0) is 12.4. The fourth-order valence-electron chi connectivity index (χ4n) is 2.20. The van der Waals surface area contributed by atoms with Gasteiger partial charge in [0.15, 0.2) is 0 Å². The number of piperazine rings is 1. The Labute approximate surface area is 101 Å². The monoisotopic (exact) mass is 241 g/mol. The van der Waals surface area contributed by atoms with Gasteiger partial charge in [-0.1, -0.05) is 0 Å². The number of rotatable bonds is 3. The van der Waals surface area contributed by atoms with Crippen molar-refractivity contribution in [1.82, 2.24) is 14.7 Å². The van der Waals surface area contributed by atoms with Gasteiger partial charge in [-0.15, -0.1) is 0 Å². The summed E-state index contributed by atoms with van der Waals surface area (Å²) in [7, 11) is 2.05. The Morgan fingerprint density at radius 3 is 2.29 bits per heavy atom. The summed E-state index contributed by atoms with van der Waals surface area (Å²) in [6, 6.07) is 0. The number of hydrogen-bond donors (Lipinski definition) is 1. The number of aliphatic carboxylic acids is 1. The van der Waals surface area contributed by atoms with Crippen LogP contribution in [-0.2, 0) is 9.59 Å². The van der Waals surface area contributed by atoms with Crippen molar-refractivity contribution in [3.8, 4) is 0 Å². The van der Waals surface area contributed by atoms with Crippen molar-refractivity contribution in [2.45, 2.75) is 0 Å². The van der Waals surface area contributed by atoms with Crippen molar-refractivity contribution >= 4 is 11.9 Å². The number of carboxylic acids is 1. The highest BCUT2D eigenvalue weighted by molar-refractivity contribution is 5.79. The van der Waals surface area contributed by atoms with E-state index in [0.717, 1.165) is 26.2 Å². The zero-order valence-electron chi connectivity index (χ0n) is 10.1. The lowest BCUT2D eigenvalue weighted by Gasteiger charge is -2.38. The highest BCUT2D eigenvalue weighted by atomic mass is 16.4. The normalized spacial score (nSPS) is 23.5. The second kappa shape index (κ2) is 5.01. The molecule has 6 nitrogen and oxygen atoms in total. The molecule has 0 unspecified atom stereocenters. The summed E-state index contributed by atoms with van der Waals surface area (Å²) in [6.45, 7) is 4.79. The van der Waals surface area contributed by atoms with E-state index in [1.54, 1.807) is 0 Å². The summed E-state index contributed by atoms with van der Waals surface area (Å²) >= 11 is 0. The van der Waals surface area contributed by atoms with Crippen LogP contribution in [0.15, 0.2) is 0 Å². The first-order chi connectivity index (χ1) is 8.06.